The second-order valence-electron chi connectivity index (χ2n) is 4.52. The summed E-state index contributed by atoms with van der Waals surface area (Å²) in [6, 6.07) is 2.38. The molecule has 0 aliphatic carbocycles. The maximum Gasteiger partial charge on any atom is 0.389 e. The van der Waals surface area contributed by atoms with Gasteiger partial charge in [0.15, 0.2) is 0 Å². The molecule has 0 saturated heterocycles. The summed E-state index contributed by atoms with van der Waals surface area (Å²) in [7, 11) is 0. The Balaban J connectivity index is 2.49. The molecular formula is C12H10ClF3N4O2. The van der Waals surface area contributed by atoms with Gasteiger partial charge in [-0.1, -0.05) is 11.6 Å². The number of imidazole rings is 1. The predicted molar refractivity (Wildman–Crippen MR) is 72.1 cm³/mol. The van der Waals surface area contributed by atoms with Gasteiger partial charge in [0.1, 0.15) is 11.0 Å². The Morgan fingerprint density at radius 1 is 1.36 bits per heavy atom. The lowest BCUT2D eigenvalue weighted by Gasteiger charge is -2.09. The molecule has 10 heteroatoms. The van der Waals surface area contributed by atoms with Crippen LogP contribution in [0.25, 0.3) is 5.82 Å². The first-order valence-corrected chi connectivity index (χ1v) is 6.48. The predicted octanol–water partition coefficient (Wildman–Crippen LogP) is 3.63. The first-order chi connectivity index (χ1) is 10.2. The van der Waals surface area contributed by atoms with Crippen molar-refractivity contribution in [1.82, 2.24) is 14.5 Å². The number of aromatic nitrogens is 3. The molecule has 0 bridgehead atoms. The maximum absolute atomic E-state index is 12.4. The largest absolute Gasteiger partial charge is 0.389 e. The van der Waals surface area contributed by atoms with Gasteiger partial charge in [0, 0.05) is 18.7 Å². The quantitative estimate of drug-likeness (QED) is 0.486. The fourth-order valence-electron chi connectivity index (χ4n) is 1.90. The average molecular weight is 335 g/mol. The molecule has 0 N–H and O–H groups in total. The van der Waals surface area contributed by atoms with Gasteiger partial charge in [-0.15, -0.1) is 0 Å². The van der Waals surface area contributed by atoms with Crippen molar-refractivity contribution < 1.29 is 18.1 Å². The van der Waals surface area contributed by atoms with Crippen LogP contribution >= 0.6 is 11.6 Å². The van der Waals surface area contributed by atoms with Gasteiger partial charge in [-0.2, -0.15) is 13.2 Å². The zero-order valence-electron chi connectivity index (χ0n) is 11.3. The molecule has 0 unspecified atom stereocenters. The first-order valence-electron chi connectivity index (χ1n) is 6.10. The highest BCUT2D eigenvalue weighted by molar-refractivity contribution is 6.29. The van der Waals surface area contributed by atoms with E-state index in [1.807, 2.05) is 0 Å². The van der Waals surface area contributed by atoms with Crippen LogP contribution in [-0.2, 0) is 6.42 Å². The van der Waals surface area contributed by atoms with E-state index < -0.39 is 23.9 Å². The molecule has 22 heavy (non-hydrogen) atoms. The highest BCUT2D eigenvalue weighted by Crippen LogP contribution is 2.27. The van der Waals surface area contributed by atoms with Crippen molar-refractivity contribution >= 4 is 17.3 Å². The third-order valence-electron chi connectivity index (χ3n) is 2.78. The van der Waals surface area contributed by atoms with E-state index in [2.05, 4.69) is 9.97 Å². The van der Waals surface area contributed by atoms with Crippen LogP contribution < -0.4 is 0 Å². The third kappa shape index (κ3) is 3.73. The fourth-order valence-corrected chi connectivity index (χ4v) is 2.04. The van der Waals surface area contributed by atoms with E-state index in [1.165, 1.54) is 16.8 Å². The monoisotopic (exact) mass is 334 g/mol. The summed E-state index contributed by atoms with van der Waals surface area (Å²) < 4.78 is 38.3. The van der Waals surface area contributed by atoms with E-state index in [9.17, 15) is 23.3 Å². The molecule has 0 amide bonds. The number of halogens is 4. The van der Waals surface area contributed by atoms with Gasteiger partial charge >= 0.3 is 11.9 Å². The van der Waals surface area contributed by atoms with E-state index in [0.29, 0.717) is 5.69 Å². The Labute approximate surface area is 127 Å². The second-order valence-corrected chi connectivity index (χ2v) is 4.90. The van der Waals surface area contributed by atoms with E-state index in [1.54, 1.807) is 6.92 Å². The molecule has 0 atom stereocenters. The van der Waals surface area contributed by atoms with Crippen LogP contribution in [0.15, 0.2) is 18.3 Å². The number of nitrogens with zero attached hydrogens (tertiary/aromatic N) is 4. The van der Waals surface area contributed by atoms with E-state index >= 15 is 0 Å². The third-order valence-corrected chi connectivity index (χ3v) is 2.99. The smallest absolute Gasteiger partial charge is 0.282 e. The van der Waals surface area contributed by atoms with Gasteiger partial charge in [-0.05, 0) is 13.0 Å². The van der Waals surface area contributed by atoms with Crippen molar-refractivity contribution in [2.75, 3.05) is 0 Å². The Hall–Kier alpha value is -2.16. The van der Waals surface area contributed by atoms with E-state index in [-0.39, 0.29) is 22.5 Å². The van der Waals surface area contributed by atoms with Crippen molar-refractivity contribution in [2.45, 2.75) is 25.9 Å². The fraction of sp³-hybridized carbons (Fsp3) is 0.333. The van der Waals surface area contributed by atoms with Crippen LogP contribution in [-0.4, -0.2) is 25.6 Å². The van der Waals surface area contributed by atoms with Crippen molar-refractivity contribution in [1.29, 1.82) is 0 Å². The molecule has 0 radical (unpaired) electrons. The maximum atomic E-state index is 12.4. The molecule has 0 aliphatic heterocycles. The first kappa shape index (κ1) is 16.2. The molecule has 0 aliphatic rings. The van der Waals surface area contributed by atoms with E-state index in [0.717, 1.165) is 6.07 Å². The molecule has 0 aromatic carbocycles. The Bertz CT molecular complexity index is 715. The molecule has 6 nitrogen and oxygen atoms in total. The lowest BCUT2D eigenvalue weighted by Crippen LogP contribution is -2.12. The van der Waals surface area contributed by atoms with Crippen LogP contribution in [0.5, 0.6) is 0 Å². The second kappa shape index (κ2) is 5.91. The molecule has 0 saturated carbocycles. The molecule has 0 fully saturated rings. The number of aryl methyl sites for hydroxylation is 2. The molecule has 2 heterocycles. The topological polar surface area (TPSA) is 73.8 Å². The van der Waals surface area contributed by atoms with Crippen molar-refractivity contribution in [3.05, 3.63) is 45.1 Å². The van der Waals surface area contributed by atoms with Crippen molar-refractivity contribution in [3.63, 3.8) is 0 Å². The van der Waals surface area contributed by atoms with Crippen molar-refractivity contribution in [2.24, 2.45) is 0 Å². The van der Waals surface area contributed by atoms with Gasteiger partial charge in [-0.3, -0.25) is 14.7 Å². The Kier molecular flexibility index (Phi) is 4.36. The number of pyridine rings is 1. The lowest BCUT2D eigenvalue weighted by molar-refractivity contribution is -0.384. The summed E-state index contributed by atoms with van der Waals surface area (Å²) in [6.07, 6.45) is -4.46. The summed E-state index contributed by atoms with van der Waals surface area (Å²) in [5.74, 6) is -0.122. The molecule has 2 rings (SSSR count). The molecule has 118 valence electrons. The van der Waals surface area contributed by atoms with E-state index in [4.69, 9.17) is 11.6 Å². The molecular weight excluding hydrogens is 325 g/mol. The minimum Gasteiger partial charge on any atom is -0.282 e. The summed E-state index contributed by atoms with van der Waals surface area (Å²) in [4.78, 5) is 18.2. The van der Waals surface area contributed by atoms with Gasteiger partial charge in [-0.25, -0.2) is 9.97 Å². The zero-order chi connectivity index (χ0) is 16.5. The highest BCUT2D eigenvalue weighted by Gasteiger charge is 2.28. The van der Waals surface area contributed by atoms with Crippen molar-refractivity contribution in [3.8, 4) is 5.82 Å². The molecule has 0 spiro atoms. The van der Waals surface area contributed by atoms with Gasteiger partial charge < -0.3 is 0 Å². The zero-order valence-corrected chi connectivity index (χ0v) is 12.0. The highest BCUT2D eigenvalue weighted by atomic mass is 35.5. The minimum atomic E-state index is -4.35. The van der Waals surface area contributed by atoms with Gasteiger partial charge in [0.2, 0.25) is 5.82 Å². The average Bonchev–Trinajstić information content (AvgIpc) is 2.76. The summed E-state index contributed by atoms with van der Waals surface area (Å²) in [6.45, 7) is 1.57. The van der Waals surface area contributed by atoms with Gasteiger partial charge in [0.25, 0.3) is 0 Å². The van der Waals surface area contributed by atoms with Crippen LogP contribution in [0.1, 0.15) is 17.9 Å². The van der Waals surface area contributed by atoms with Crippen LogP contribution in [0, 0.1) is 17.0 Å². The number of hydrogen-bond acceptors (Lipinski definition) is 4. The normalized spacial score (nSPS) is 11.7. The number of nitro groups is 1. The Morgan fingerprint density at radius 2 is 2.05 bits per heavy atom. The lowest BCUT2D eigenvalue weighted by atomic mass is 10.3. The standard InChI is InChI=1S/C12H10ClF3N4O2/c1-7-6-19(10(17-7)4-5-12(14,15)16)11-8(20(21)22)2-3-9(13)18-11/h2-3,6H,4-5H2,1H3. The molecule has 2 aromatic heterocycles. The summed E-state index contributed by atoms with van der Waals surface area (Å²) >= 11 is 5.73. The minimum absolute atomic E-state index is 0.00581. The number of hydrogen-bond donors (Lipinski definition) is 0. The number of rotatable bonds is 4. The number of alkyl halides is 3. The summed E-state index contributed by atoms with van der Waals surface area (Å²) in [5.41, 5.74) is 0.0586. The van der Waals surface area contributed by atoms with Crippen LogP contribution in [0.3, 0.4) is 0 Å². The van der Waals surface area contributed by atoms with Crippen LogP contribution in [0.4, 0.5) is 18.9 Å². The van der Waals surface area contributed by atoms with Gasteiger partial charge in [0.05, 0.1) is 17.0 Å². The summed E-state index contributed by atoms with van der Waals surface area (Å²) in [5, 5.41) is 11.0. The Morgan fingerprint density at radius 3 is 2.64 bits per heavy atom. The van der Waals surface area contributed by atoms with Crippen LogP contribution in [0.2, 0.25) is 5.15 Å². The SMILES string of the molecule is Cc1cn(-c2nc(Cl)ccc2[N+](=O)[O-])c(CCC(F)(F)F)n1. The molecule has 2 aromatic rings.